The van der Waals surface area contributed by atoms with Crippen molar-refractivity contribution in [2.45, 2.75) is 20.3 Å². The maximum atomic E-state index is 13.5. The van der Waals surface area contributed by atoms with Gasteiger partial charge in [0.25, 0.3) is 0 Å². The van der Waals surface area contributed by atoms with Crippen LogP contribution in [0.4, 0.5) is 9.18 Å². The number of nitrogens with one attached hydrogen (secondary N) is 1. The van der Waals surface area contributed by atoms with Gasteiger partial charge in [0, 0.05) is 6.54 Å². The Balaban J connectivity index is 2.13. The largest absolute Gasteiger partial charge is 0.330 e. The topological polar surface area (TPSA) is 66.5 Å². The van der Waals surface area contributed by atoms with Gasteiger partial charge in [0.2, 0.25) is 11.8 Å². The zero-order valence-corrected chi connectivity index (χ0v) is 11.3. The Morgan fingerprint density at radius 2 is 1.85 bits per heavy atom. The number of halogens is 1. The zero-order chi connectivity index (χ0) is 14.9. The molecule has 0 aliphatic carbocycles. The van der Waals surface area contributed by atoms with E-state index >= 15 is 0 Å². The maximum absolute atomic E-state index is 13.5. The summed E-state index contributed by atoms with van der Waals surface area (Å²) in [7, 11) is 0. The van der Waals surface area contributed by atoms with Gasteiger partial charge in [-0.25, -0.2) is 9.18 Å². The lowest BCUT2D eigenvalue weighted by atomic mass is 9.88. The fourth-order valence-electron chi connectivity index (χ4n) is 1.98. The molecule has 1 aliphatic heterocycles. The molecule has 2 rings (SSSR count). The average molecular weight is 278 g/mol. The van der Waals surface area contributed by atoms with Crippen LogP contribution in [0.1, 0.15) is 19.4 Å². The highest BCUT2D eigenvalue weighted by Crippen LogP contribution is 2.23. The number of urea groups is 1. The third-order valence-electron chi connectivity index (χ3n) is 3.38. The molecule has 106 valence electrons. The fourth-order valence-corrected chi connectivity index (χ4v) is 1.98. The Labute approximate surface area is 115 Å². The molecule has 1 aromatic carbocycles. The fraction of sp³-hybridized carbons (Fsp3) is 0.357. The zero-order valence-electron chi connectivity index (χ0n) is 11.3. The summed E-state index contributed by atoms with van der Waals surface area (Å²) in [5, 5.41) is 2.13. The van der Waals surface area contributed by atoms with E-state index in [1.54, 1.807) is 18.2 Å². The van der Waals surface area contributed by atoms with Crippen molar-refractivity contribution < 1.29 is 18.8 Å². The van der Waals surface area contributed by atoms with Crippen LogP contribution in [-0.2, 0) is 16.0 Å². The van der Waals surface area contributed by atoms with Crippen LogP contribution in [0.25, 0.3) is 0 Å². The number of rotatable bonds is 3. The molecule has 0 aromatic heterocycles. The molecule has 0 atom stereocenters. The van der Waals surface area contributed by atoms with Gasteiger partial charge in [-0.2, -0.15) is 0 Å². The molecule has 0 saturated carbocycles. The van der Waals surface area contributed by atoms with Crippen molar-refractivity contribution in [3.63, 3.8) is 0 Å². The molecule has 6 heteroatoms. The molecule has 0 radical (unpaired) electrons. The first-order chi connectivity index (χ1) is 9.34. The summed E-state index contributed by atoms with van der Waals surface area (Å²) >= 11 is 0. The van der Waals surface area contributed by atoms with Crippen molar-refractivity contribution in [1.29, 1.82) is 0 Å². The number of hydrogen-bond donors (Lipinski definition) is 1. The Kier molecular flexibility index (Phi) is 3.57. The summed E-state index contributed by atoms with van der Waals surface area (Å²) in [6.45, 7) is 2.93. The third kappa shape index (κ3) is 2.41. The highest BCUT2D eigenvalue weighted by atomic mass is 19.1. The summed E-state index contributed by atoms with van der Waals surface area (Å²) in [5.74, 6) is -1.56. The van der Waals surface area contributed by atoms with E-state index < -0.39 is 23.3 Å². The van der Waals surface area contributed by atoms with Gasteiger partial charge in [-0.05, 0) is 31.9 Å². The second-order valence-corrected chi connectivity index (χ2v) is 5.18. The van der Waals surface area contributed by atoms with Crippen molar-refractivity contribution in [1.82, 2.24) is 10.2 Å². The maximum Gasteiger partial charge on any atom is 0.330 e. The molecule has 20 heavy (non-hydrogen) atoms. The van der Waals surface area contributed by atoms with E-state index in [0.29, 0.717) is 5.56 Å². The second-order valence-electron chi connectivity index (χ2n) is 5.18. The molecule has 1 fully saturated rings. The molecule has 5 nitrogen and oxygen atoms in total. The van der Waals surface area contributed by atoms with Crippen LogP contribution in [0, 0.1) is 11.2 Å². The minimum atomic E-state index is -1.29. The van der Waals surface area contributed by atoms with Gasteiger partial charge >= 0.3 is 6.03 Å². The van der Waals surface area contributed by atoms with Gasteiger partial charge < -0.3 is 0 Å². The number of hydrogen-bond acceptors (Lipinski definition) is 3. The lowest BCUT2D eigenvalue weighted by Gasteiger charge is -2.34. The van der Waals surface area contributed by atoms with Crippen LogP contribution < -0.4 is 5.32 Å². The standard InChI is InChI=1S/C14H15FN2O3/c1-14(2)11(18)16-13(20)17(12(14)19)8-7-9-5-3-4-6-10(9)15/h3-6H,7-8H2,1-2H3,(H,16,18,20). The summed E-state index contributed by atoms with van der Waals surface area (Å²) in [6.07, 6.45) is 0.204. The number of benzene rings is 1. The third-order valence-corrected chi connectivity index (χ3v) is 3.38. The van der Waals surface area contributed by atoms with E-state index in [-0.39, 0.29) is 18.8 Å². The van der Waals surface area contributed by atoms with Gasteiger partial charge in [0.1, 0.15) is 11.2 Å². The molecule has 0 bridgehead atoms. The minimum absolute atomic E-state index is 0.0301. The monoisotopic (exact) mass is 278 g/mol. The number of nitrogens with zero attached hydrogens (tertiary/aromatic N) is 1. The van der Waals surface area contributed by atoms with E-state index in [2.05, 4.69) is 5.32 Å². The molecule has 1 saturated heterocycles. The van der Waals surface area contributed by atoms with E-state index in [4.69, 9.17) is 0 Å². The molecule has 1 aliphatic rings. The van der Waals surface area contributed by atoms with Gasteiger partial charge in [-0.15, -0.1) is 0 Å². The van der Waals surface area contributed by atoms with Crippen molar-refractivity contribution >= 4 is 17.8 Å². The van der Waals surface area contributed by atoms with Crippen LogP contribution in [0.15, 0.2) is 24.3 Å². The van der Waals surface area contributed by atoms with Crippen molar-refractivity contribution in [3.05, 3.63) is 35.6 Å². The van der Waals surface area contributed by atoms with E-state index in [1.165, 1.54) is 19.9 Å². The number of barbiturate groups is 1. The highest BCUT2D eigenvalue weighted by Gasteiger charge is 2.46. The average Bonchev–Trinajstić information content (AvgIpc) is 2.39. The smallest absolute Gasteiger partial charge is 0.277 e. The predicted octanol–water partition coefficient (Wildman–Crippen LogP) is 1.47. The van der Waals surface area contributed by atoms with E-state index in [1.807, 2.05) is 0 Å². The van der Waals surface area contributed by atoms with Crippen molar-refractivity contribution in [3.8, 4) is 0 Å². The van der Waals surface area contributed by atoms with Crippen molar-refractivity contribution in [2.24, 2.45) is 5.41 Å². The first kappa shape index (κ1) is 14.2. The summed E-state index contributed by atoms with van der Waals surface area (Å²) < 4.78 is 13.5. The molecule has 0 unspecified atom stereocenters. The molecule has 4 amide bonds. The van der Waals surface area contributed by atoms with Crippen LogP contribution in [0.5, 0.6) is 0 Å². The first-order valence-corrected chi connectivity index (χ1v) is 6.25. The molecule has 1 N–H and O–H groups in total. The molecule has 0 spiro atoms. The van der Waals surface area contributed by atoms with Gasteiger partial charge in [0.05, 0.1) is 0 Å². The van der Waals surface area contributed by atoms with Crippen LogP contribution >= 0.6 is 0 Å². The lowest BCUT2D eigenvalue weighted by Crippen LogP contribution is -2.62. The number of imide groups is 2. The minimum Gasteiger partial charge on any atom is -0.277 e. The Bertz CT molecular complexity index is 584. The van der Waals surface area contributed by atoms with Gasteiger partial charge in [0.15, 0.2) is 0 Å². The highest BCUT2D eigenvalue weighted by molar-refractivity contribution is 6.18. The second kappa shape index (κ2) is 5.03. The Hall–Kier alpha value is -2.24. The first-order valence-electron chi connectivity index (χ1n) is 6.25. The molecular weight excluding hydrogens is 263 g/mol. The van der Waals surface area contributed by atoms with Crippen LogP contribution in [0.2, 0.25) is 0 Å². The van der Waals surface area contributed by atoms with E-state index in [0.717, 1.165) is 4.90 Å². The summed E-state index contributed by atoms with van der Waals surface area (Å²) in [4.78, 5) is 36.3. The summed E-state index contributed by atoms with van der Waals surface area (Å²) in [6, 6.07) is 5.41. The predicted molar refractivity (Wildman–Crippen MR) is 69.1 cm³/mol. The number of carbonyl (C=O) groups excluding carboxylic acids is 3. The van der Waals surface area contributed by atoms with Crippen LogP contribution in [-0.4, -0.2) is 29.3 Å². The molecule has 1 aromatic rings. The van der Waals surface area contributed by atoms with Crippen LogP contribution in [0.3, 0.4) is 0 Å². The van der Waals surface area contributed by atoms with Gasteiger partial charge in [-0.1, -0.05) is 18.2 Å². The molecular formula is C14H15FN2O3. The quantitative estimate of drug-likeness (QED) is 0.851. The molecule has 1 heterocycles. The lowest BCUT2D eigenvalue weighted by molar-refractivity contribution is -0.148. The Morgan fingerprint density at radius 1 is 1.20 bits per heavy atom. The van der Waals surface area contributed by atoms with Gasteiger partial charge in [-0.3, -0.25) is 19.8 Å². The Morgan fingerprint density at radius 3 is 2.50 bits per heavy atom. The summed E-state index contributed by atoms with van der Waals surface area (Å²) in [5.41, 5.74) is -0.869. The van der Waals surface area contributed by atoms with Crippen molar-refractivity contribution in [2.75, 3.05) is 6.54 Å². The number of carbonyl (C=O) groups is 3. The normalized spacial score (nSPS) is 18.1. The van der Waals surface area contributed by atoms with E-state index in [9.17, 15) is 18.8 Å². The SMILES string of the molecule is CC1(C)C(=O)NC(=O)N(CCc2ccccc2F)C1=O. The number of amides is 4.